The molecule has 0 aromatic carbocycles. The molecule has 0 amide bonds. The topological polar surface area (TPSA) is 108 Å². The highest BCUT2D eigenvalue weighted by Gasteiger charge is 2.50. The molecule has 5 rings (SSSR count). The summed E-state index contributed by atoms with van der Waals surface area (Å²) in [7, 11) is -3.24. The molecular weight excluding hydrogens is 376 g/mol. The summed E-state index contributed by atoms with van der Waals surface area (Å²) in [6.07, 6.45) is 9.49. The third-order valence-electron chi connectivity index (χ3n) is 5.75. The van der Waals surface area contributed by atoms with Crippen molar-refractivity contribution in [2.24, 2.45) is 5.92 Å². The van der Waals surface area contributed by atoms with Crippen LogP contribution in [0.25, 0.3) is 22.3 Å². The number of fused-ring (bicyclic) bond motifs is 1. The van der Waals surface area contributed by atoms with Gasteiger partial charge in [-0.05, 0) is 30.9 Å². The van der Waals surface area contributed by atoms with Gasteiger partial charge in [-0.2, -0.15) is 9.57 Å². The Labute approximate surface area is 162 Å². The second-order valence-corrected chi connectivity index (χ2v) is 9.83. The molecule has 0 unspecified atom stereocenters. The number of rotatable bonds is 6. The maximum atomic E-state index is 12.5. The predicted molar refractivity (Wildman–Crippen MR) is 104 cm³/mol. The summed E-state index contributed by atoms with van der Waals surface area (Å²) in [5.41, 5.74) is 1.98. The summed E-state index contributed by atoms with van der Waals surface area (Å²) in [4.78, 5) is 11.7. The molecule has 0 atom stereocenters. The second-order valence-electron chi connectivity index (χ2n) is 7.82. The van der Waals surface area contributed by atoms with E-state index in [4.69, 9.17) is 0 Å². The van der Waals surface area contributed by atoms with Crippen molar-refractivity contribution in [3.05, 3.63) is 37.1 Å². The van der Waals surface area contributed by atoms with Crippen LogP contribution in [0.3, 0.4) is 0 Å². The highest BCUT2D eigenvalue weighted by molar-refractivity contribution is 7.89. The van der Waals surface area contributed by atoms with Gasteiger partial charge in [-0.1, -0.05) is 0 Å². The van der Waals surface area contributed by atoms with Gasteiger partial charge in [-0.3, -0.25) is 0 Å². The molecule has 8 nitrogen and oxygen atoms in total. The van der Waals surface area contributed by atoms with Crippen molar-refractivity contribution >= 4 is 21.1 Å². The molecule has 3 aromatic rings. The minimum absolute atomic E-state index is 0.235. The summed E-state index contributed by atoms with van der Waals surface area (Å²) >= 11 is 0. The zero-order valence-corrected chi connectivity index (χ0v) is 16.1. The first kappa shape index (κ1) is 17.4. The fourth-order valence-electron chi connectivity index (χ4n) is 3.94. The van der Waals surface area contributed by atoms with E-state index in [2.05, 4.69) is 21.0 Å². The van der Waals surface area contributed by atoms with E-state index in [-0.39, 0.29) is 12.2 Å². The molecule has 0 bridgehead atoms. The standard InChI is InChI=1S/C19H20N6O2S/c20-6-5-19(11-25(12-19)28(26,27)10-14-1-2-14)24-8-4-15(9-24)17-16-3-7-21-18(16)23-13-22-17/h3-4,7-9,13-14H,1-2,5,10-12H2,(H,21,22,23). The number of aromatic nitrogens is 4. The number of H-pyrrole nitrogens is 1. The van der Waals surface area contributed by atoms with Crippen molar-refractivity contribution in [2.45, 2.75) is 24.8 Å². The molecule has 2 aliphatic rings. The van der Waals surface area contributed by atoms with Gasteiger partial charge in [-0.15, -0.1) is 0 Å². The van der Waals surface area contributed by atoms with E-state index in [0.29, 0.717) is 19.0 Å². The van der Waals surface area contributed by atoms with Gasteiger partial charge in [0.05, 0.1) is 29.5 Å². The lowest BCUT2D eigenvalue weighted by Gasteiger charge is -2.49. The van der Waals surface area contributed by atoms with E-state index in [1.54, 1.807) is 0 Å². The van der Waals surface area contributed by atoms with Gasteiger partial charge in [0.2, 0.25) is 10.0 Å². The third-order valence-corrected chi connectivity index (χ3v) is 7.69. The molecule has 1 aliphatic heterocycles. The SMILES string of the molecule is N#CCC1(n2ccc(-c3ncnc4[nH]ccc34)c2)CN(S(=O)(=O)CC2CC2)C1. The summed E-state index contributed by atoms with van der Waals surface area (Å²) in [6.45, 7) is 0.681. The van der Waals surface area contributed by atoms with Crippen LogP contribution in [0.15, 0.2) is 37.1 Å². The van der Waals surface area contributed by atoms with Crippen LogP contribution in [0.5, 0.6) is 0 Å². The highest BCUT2D eigenvalue weighted by Crippen LogP contribution is 2.39. The molecular formula is C19H20N6O2S. The van der Waals surface area contributed by atoms with Crippen LogP contribution < -0.4 is 0 Å². The second kappa shape index (κ2) is 6.15. The molecule has 3 aromatic heterocycles. The van der Waals surface area contributed by atoms with Crippen molar-refractivity contribution in [1.82, 2.24) is 23.8 Å². The van der Waals surface area contributed by atoms with Crippen LogP contribution in [-0.4, -0.2) is 51.1 Å². The van der Waals surface area contributed by atoms with E-state index in [1.807, 2.05) is 35.3 Å². The monoisotopic (exact) mass is 396 g/mol. The van der Waals surface area contributed by atoms with Crippen molar-refractivity contribution in [2.75, 3.05) is 18.8 Å². The van der Waals surface area contributed by atoms with Crippen LogP contribution in [-0.2, 0) is 15.6 Å². The maximum Gasteiger partial charge on any atom is 0.214 e. The third kappa shape index (κ3) is 2.80. The molecule has 1 saturated heterocycles. The first-order valence-corrected chi connectivity index (χ1v) is 10.9. The van der Waals surface area contributed by atoms with Crippen LogP contribution in [0.1, 0.15) is 19.3 Å². The van der Waals surface area contributed by atoms with Gasteiger partial charge in [0.1, 0.15) is 12.0 Å². The fraction of sp³-hybridized carbons (Fsp3) is 0.421. The normalized spacial score (nSPS) is 19.4. The lowest BCUT2D eigenvalue weighted by molar-refractivity contribution is 0.0849. The number of hydrogen-bond acceptors (Lipinski definition) is 5. The van der Waals surface area contributed by atoms with E-state index in [0.717, 1.165) is 35.1 Å². The average molecular weight is 396 g/mol. The molecule has 4 heterocycles. The Hall–Kier alpha value is -2.70. The Morgan fingerprint density at radius 1 is 1.29 bits per heavy atom. The predicted octanol–water partition coefficient (Wildman–Crippen LogP) is 2.09. The van der Waals surface area contributed by atoms with Gasteiger partial charge >= 0.3 is 0 Å². The first-order chi connectivity index (χ1) is 13.5. The number of hydrogen-bond donors (Lipinski definition) is 1. The number of nitrogens with one attached hydrogen (secondary N) is 1. The molecule has 1 saturated carbocycles. The van der Waals surface area contributed by atoms with Gasteiger partial charge in [-0.25, -0.2) is 18.4 Å². The van der Waals surface area contributed by atoms with Gasteiger partial charge in [0, 0.05) is 42.6 Å². The van der Waals surface area contributed by atoms with E-state index >= 15 is 0 Å². The van der Waals surface area contributed by atoms with E-state index in [1.165, 1.54) is 10.6 Å². The minimum atomic E-state index is -3.24. The summed E-state index contributed by atoms with van der Waals surface area (Å²) in [6, 6.07) is 6.12. The van der Waals surface area contributed by atoms with Crippen LogP contribution in [0, 0.1) is 17.2 Å². The van der Waals surface area contributed by atoms with Crippen molar-refractivity contribution in [3.63, 3.8) is 0 Å². The fourth-order valence-corrected chi connectivity index (χ4v) is 5.96. The largest absolute Gasteiger partial charge is 0.346 e. The quantitative estimate of drug-likeness (QED) is 0.686. The summed E-state index contributed by atoms with van der Waals surface area (Å²) in [5.74, 6) is 0.551. The van der Waals surface area contributed by atoms with Gasteiger partial charge in [0.25, 0.3) is 0 Å². The number of sulfonamides is 1. The Kier molecular flexibility index (Phi) is 3.82. The van der Waals surface area contributed by atoms with E-state index in [9.17, 15) is 13.7 Å². The number of nitriles is 1. The van der Waals surface area contributed by atoms with Crippen molar-refractivity contribution in [3.8, 4) is 17.3 Å². The average Bonchev–Trinajstić information content (AvgIpc) is 3.11. The first-order valence-electron chi connectivity index (χ1n) is 9.32. The molecule has 1 aliphatic carbocycles. The molecule has 28 heavy (non-hydrogen) atoms. The van der Waals surface area contributed by atoms with Crippen molar-refractivity contribution < 1.29 is 8.42 Å². The van der Waals surface area contributed by atoms with Gasteiger partial charge < -0.3 is 9.55 Å². The molecule has 144 valence electrons. The van der Waals surface area contributed by atoms with Crippen LogP contribution in [0.4, 0.5) is 0 Å². The highest BCUT2D eigenvalue weighted by atomic mass is 32.2. The maximum absolute atomic E-state index is 12.5. The molecule has 9 heteroatoms. The van der Waals surface area contributed by atoms with Crippen LogP contribution >= 0.6 is 0 Å². The van der Waals surface area contributed by atoms with E-state index < -0.39 is 15.6 Å². The van der Waals surface area contributed by atoms with Crippen molar-refractivity contribution in [1.29, 1.82) is 5.26 Å². The molecule has 0 radical (unpaired) electrons. The molecule has 0 spiro atoms. The minimum Gasteiger partial charge on any atom is -0.346 e. The lowest BCUT2D eigenvalue weighted by atomic mass is 9.89. The smallest absolute Gasteiger partial charge is 0.214 e. The Morgan fingerprint density at radius 3 is 2.86 bits per heavy atom. The zero-order valence-electron chi connectivity index (χ0n) is 15.2. The number of aromatic amines is 1. The molecule has 1 N–H and O–H groups in total. The Balaban J connectivity index is 1.43. The zero-order chi connectivity index (χ0) is 19.4. The van der Waals surface area contributed by atoms with Crippen LogP contribution in [0.2, 0.25) is 0 Å². The summed E-state index contributed by atoms with van der Waals surface area (Å²) in [5, 5.41) is 10.3. The number of nitrogens with zero attached hydrogens (tertiary/aromatic N) is 5. The summed E-state index contributed by atoms with van der Waals surface area (Å²) < 4.78 is 28.6. The Morgan fingerprint density at radius 2 is 2.11 bits per heavy atom. The van der Waals surface area contributed by atoms with Gasteiger partial charge in [0.15, 0.2) is 0 Å². The molecule has 2 fully saturated rings. The lowest BCUT2D eigenvalue weighted by Crippen LogP contribution is -2.64. The Bertz CT molecular complexity index is 1180.